The molecule has 112 valence electrons. The summed E-state index contributed by atoms with van der Waals surface area (Å²) in [4.78, 5) is 16.4. The van der Waals surface area contributed by atoms with Crippen LogP contribution < -0.4 is 0 Å². The Hall–Kier alpha value is -0.620. The van der Waals surface area contributed by atoms with Crippen molar-refractivity contribution in [1.82, 2.24) is 0 Å². The summed E-state index contributed by atoms with van der Waals surface area (Å²) in [5.74, 6) is 0.264. The van der Waals surface area contributed by atoms with Crippen molar-refractivity contribution in [2.75, 3.05) is 6.61 Å². The average Bonchev–Trinajstić information content (AvgIpc) is 2.66. The van der Waals surface area contributed by atoms with Crippen LogP contribution >= 0.6 is 24.0 Å². The van der Waals surface area contributed by atoms with Crippen LogP contribution in [0.4, 0.5) is 0 Å². The average molecular weight is 315 g/mol. The first-order valence-corrected chi connectivity index (χ1v) is 8.30. The van der Waals surface area contributed by atoms with E-state index in [4.69, 9.17) is 21.7 Å². The van der Waals surface area contributed by atoms with Crippen LogP contribution in [0.3, 0.4) is 0 Å². The van der Waals surface area contributed by atoms with Crippen LogP contribution in [-0.4, -0.2) is 33.1 Å². The zero-order chi connectivity index (χ0) is 14.8. The van der Waals surface area contributed by atoms with Crippen LogP contribution in [0, 0.1) is 0 Å². The van der Waals surface area contributed by atoms with Crippen molar-refractivity contribution in [3.63, 3.8) is 0 Å². The quantitative estimate of drug-likeness (QED) is 0.589. The van der Waals surface area contributed by atoms with E-state index in [1.54, 1.807) is 13.8 Å². The van der Waals surface area contributed by atoms with Gasteiger partial charge in [-0.15, -0.1) is 0 Å². The van der Waals surface area contributed by atoms with E-state index >= 15 is 0 Å². The highest BCUT2D eigenvalue weighted by molar-refractivity contribution is 8.23. The van der Waals surface area contributed by atoms with Gasteiger partial charge in [-0.05, 0) is 45.8 Å². The molecule has 1 aliphatic carbocycles. The maximum atomic E-state index is 11.9. The van der Waals surface area contributed by atoms with Gasteiger partial charge in [0.15, 0.2) is 5.54 Å². The molecule has 2 aliphatic rings. The first kappa shape index (κ1) is 15.8. The molecule has 1 saturated carbocycles. The van der Waals surface area contributed by atoms with E-state index in [0.29, 0.717) is 16.9 Å². The molecule has 1 heterocycles. The standard InChI is InChI=1S/C14H21NO3S2/c1-4-17-12(19)20-14(8-6-5-7-9-14)10-15-13(2,3)11(16)18-10/h4-9H2,1-3H3. The number of ether oxygens (including phenoxy) is 2. The summed E-state index contributed by atoms with van der Waals surface area (Å²) in [6.07, 6.45) is 5.24. The fourth-order valence-corrected chi connectivity index (χ4v) is 4.28. The molecule has 0 atom stereocenters. The van der Waals surface area contributed by atoms with Crippen LogP contribution in [0.15, 0.2) is 4.99 Å². The first-order chi connectivity index (χ1) is 9.39. The summed E-state index contributed by atoms with van der Waals surface area (Å²) in [6.45, 7) is 6.03. The Bertz CT molecular complexity index is 440. The Morgan fingerprint density at radius 2 is 2.05 bits per heavy atom. The number of rotatable bonds is 3. The van der Waals surface area contributed by atoms with Crippen molar-refractivity contribution in [1.29, 1.82) is 0 Å². The third-order valence-electron chi connectivity index (χ3n) is 3.66. The van der Waals surface area contributed by atoms with E-state index in [1.165, 1.54) is 18.2 Å². The summed E-state index contributed by atoms with van der Waals surface area (Å²) in [6, 6.07) is 0. The highest BCUT2D eigenvalue weighted by Crippen LogP contribution is 2.44. The number of hydrogen-bond donors (Lipinski definition) is 0. The molecule has 0 aromatic carbocycles. The van der Waals surface area contributed by atoms with Gasteiger partial charge < -0.3 is 9.47 Å². The summed E-state index contributed by atoms with van der Waals surface area (Å²) >= 11 is 6.77. The summed E-state index contributed by atoms with van der Waals surface area (Å²) in [5.41, 5.74) is -0.784. The van der Waals surface area contributed by atoms with Gasteiger partial charge in [-0.1, -0.05) is 31.0 Å². The minimum Gasteiger partial charge on any atom is -0.479 e. The third kappa shape index (κ3) is 3.17. The molecule has 0 amide bonds. The zero-order valence-corrected chi connectivity index (χ0v) is 13.9. The molecule has 0 unspecified atom stereocenters. The number of hydrogen-bond acceptors (Lipinski definition) is 6. The van der Waals surface area contributed by atoms with E-state index in [-0.39, 0.29) is 10.7 Å². The fourth-order valence-electron chi connectivity index (χ4n) is 2.52. The molecule has 1 fully saturated rings. The molecule has 0 bridgehead atoms. The number of thioether (sulfide) groups is 1. The van der Waals surface area contributed by atoms with Gasteiger partial charge in [-0.2, -0.15) is 0 Å². The van der Waals surface area contributed by atoms with Gasteiger partial charge in [0, 0.05) is 0 Å². The van der Waals surface area contributed by atoms with Gasteiger partial charge in [0.05, 0.1) is 6.61 Å². The topological polar surface area (TPSA) is 47.9 Å². The number of esters is 1. The first-order valence-electron chi connectivity index (χ1n) is 7.08. The normalized spacial score (nSPS) is 23.9. The van der Waals surface area contributed by atoms with Crippen molar-refractivity contribution in [2.24, 2.45) is 4.99 Å². The maximum Gasteiger partial charge on any atom is 0.340 e. The number of carbonyl (C=O) groups excluding carboxylic acids is 1. The van der Waals surface area contributed by atoms with Gasteiger partial charge in [-0.3, -0.25) is 0 Å². The van der Waals surface area contributed by atoms with Crippen LogP contribution in [0.1, 0.15) is 52.9 Å². The van der Waals surface area contributed by atoms with Crippen molar-refractivity contribution in [3.05, 3.63) is 0 Å². The van der Waals surface area contributed by atoms with Crippen molar-refractivity contribution in [3.8, 4) is 0 Å². The molecule has 0 aromatic heterocycles. The van der Waals surface area contributed by atoms with Gasteiger partial charge in [0.2, 0.25) is 10.3 Å². The molecule has 2 rings (SSSR count). The predicted octanol–water partition coefficient (Wildman–Crippen LogP) is 3.48. The molecule has 0 radical (unpaired) electrons. The summed E-state index contributed by atoms with van der Waals surface area (Å²) < 4.78 is 11.1. The van der Waals surface area contributed by atoms with E-state index < -0.39 is 5.54 Å². The molecular weight excluding hydrogens is 294 g/mol. The Kier molecular flexibility index (Phi) is 4.74. The van der Waals surface area contributed by atoms with Crippen LogP contribution in [0.5, 0.6) is 0 Å². The minimum atomic E-state index is -0.784. The third-order valence-corrected chi connectivity index (χ3v) is 5.29. The highest BCUT2D eigenvalue weighted by atomic mass is 32.2. The SMILES string of the molecule is CCOC(=S)SC1(C2=NC(C)(C)C(=O)O2)CCCCC1. The Labute approximate surface area is 129 Å². The lowest BCUT2D eigenvalue weighted by molar-refractivity contribution is -0.138. The van der Waals surface area contributed by atoms with Crippen LogP contribution in [-0.2, 0) is 14.3 Å². The lowest BCUT2D eigenvalue weighted by atomic mass is 9.88. The second-order valence-electron chi connectivity index (χ2n) is 5.71. The number of aliphatic imine (C=N–C) groups is 1. The van der Waals surface area contributed by atoms with E-state index in [9.17, 15) is 4.79 Å². The smallest absolute Gasteiger partial charge is 0.340 e. The van der Waals surface area contributed by atoms with Gasteiger partial charge in [-0.25, -0.2) is 9.79 Å². The van der Waals surface area contributed by atoms with Crippen molar-refractivity contribution < 1.29 is 14.3 Å². The number of carbonyl (C=O) groups is 1. The highest BCUT2D eigenvalue weighted by Gasteiger charge is 2.48. The molecule has 0 saturated heterocycles. The number of cyclic esters (lactones) is 1. The molecule has 0 aromatic rings. The Balaban J connectivity index is 2.24. The van der Waals surface area contributed by atoms with Crippen molar-refractivity contribution >= 4 is 40.2 Å². The van der Waals surface area contributed by atoms with Gasteiger partial charge in [0.25, 0.3) is 0 Å². The van der Waals surface area contributed by atoms with Crippen molar-refractivity contribution in [2.45, 2.75) is 63.2 Å². The Morgan fingerprint density at radius 3 is 2.55 bits per heavy atom. The molecule has 6 heteroatoms. The van der Waals surface area contributed by atoms with Crippen LogP contribution in [0.2, 0.25) is 0 Å². The van der Waals surface area contributed by atoms with Crippen LogP contribution in [0.25, 0.3) is 0 Å². The minimum absolute atomic E-state index is 0.277. The fraction of sp³-hybridized carbons (Fsp3) is 0.786. The lowest BCUT2D eigenvalue weighted by Gasteiger charge is -2.34. The second-order valence-corrected chi connectivity index (χ2v) is 7.69. The molecule has 4 nitrogen and oxygen atoms in total. The molecule has 1 aliphatic heterocycles. The predicted molar refractivity (Wildman–Crippen MR) is 85.2 cm³/mol. The second kappa shape index (κ2) is 6.02. The monoisotopic (exact) mass is 315 g/mol. The molecule has 0 N–H and O–H groups in total. The van der Waals surface area contributed by atoms with Gasteiger partial charge >= 0.3 is 5.97 Å². The lowest BCUT2D eigenvalue weighted by Crippen LogP contribution is -2.39. The summed E-state index contributed by atoms with van der Waals surface area (Å²) in [5, 5.41) is 0. The number of nitrogens with zero attached hydrogens (tertiary/aromatic N) is 1. The molecular formula is C14H21NO3S2. The van der Waals surface area contributed by atoms with Gasteiger partial charge in [0.1, 0.15) is 4.75 Å². The summed E-state index contributed by atoms with van der Waals surface area (Å²) in [7, 11) is 0. The molecule has 20 heavy (non-hydrogen) atoms. The van der Waals surface area contributed by atoms with E-state index in [0.717, 1.165) is 25.7 Å². The number of thiocarbonyl (C=S) groups is 1. The largest absolute Gasteiger partial charge is 0.479 e. The zero-order valence-electron chi connectivity index (χ0n) is 12.2. The maximum absolute atomic E-state index is 11.9. The Morgan fingerprint density at radius 1 is 1.40 bits per heavy atom. The van der Waals surface area contributed by atoms with E-state index in [2.05, 4.69) is 4.99 Å². The van der Waals surface area contributed by atoms with E-state index in [1.807, 2.05) is 6.92 Å². The molecule has 0 spiro atoms.